The fourth-order valence-corrected chi connectivity index (χ4v) is 1.42. The molecular formula is C10H16N4O. The summed E-state index contributed by atoms with van der Waals surface area (Å²) in [4.78, 5) is 8.48. The zero-order valence-corrected chi connectivity index (χ0v) is 9.08. The topological polar surface area (TPSA) is 59.1 Å². The third-order valence-corrected chi connectivity index (χ3v) is 2.44. The smallest absolute Gasteiger partial charge is 0.318 e. The summed E-state index contributed by atoms with van der Waals surface area (Å²) in [6, 6.07) is 2.89. The molecule has 1 aliphatic heterocycles. The highest BCUT2D eigenvalue weighted by atomic mass is 16.5. The normalized spacial score (nSPS) is 15.9. The monoisotopic (exact) mass is 208 g/mol. The number of anilines is 1. The van der Waals surface area contributed by atoms with Gasteiger partial charge < -0.3 is 15.4 Å². The summed E-state index contributed by atoms with van der Waals surface area (Å²) < 4.78 is 5.05. The summed E-state index contributed by atoms with van der Waals surface area (Å²) in [7, 11) is 1.59. The molecule has 2 rings (SSSR count). The molecule has 0 radical (unpaired) electrons. The van der Waals surface area contributed by atoms with Crippen molar-refractivity contribution in [2.45, 2.75) is 19.4 Å². The van der Waals surface area contributed by atoms with Crippen LogP contribution in [0.4, 0.5) is 5.82 Å². The highest BCUT2D eigenvalue weighted by Crippen LogP contribution is 2.13. The maximum absolute atomic E-state index is 5.05. The number of methoxy groups -OCH3 is 1. The van der Waals surface area contributed by atoms with Crippen LogP contribution >= 0.6 is 0 Å². The van der Waals surface area contributed by atoms with Gasteiger partial charge >= 0.3 is 6.01 Å². The van der Waals surface area contributed by atoms with Crippen LogP contribution in [0, 0.1) is 0 Å². The van der Waals surface area contributed by atoms with E-state index >= 15 is 0 Å². The van der Waals surface area contributed by atoms with Crippen LogP contribution in [0.5, 0.6) is 6.01 Å². The van der Waals surface area contributed by atoms with Gasteiger partial charge in [-0.3, -0.25) is 0 Å². The van der Waals surface area contributed by atoms with Crippen molar-refractivity contribution in [3.8, 4) is 6.01 Å². The zero-order chi connectivity index (χ0) is 10.7. The van der Waals surface area contributed by atoms with Crippen LogP contribution in [0.2, 0.25) is 0 Å². The van der Waals surface area contributed by atoms with E-state index in [1.165, 1.54) is 0 Å². The predicted octanol–water partition coefficient (Wildman–Crippen LogP) is 0.431. The molecule has 0 bridgehead atoms. The first kappa shape index (κ1) is 10.2. The standard InChI is InChI=1S/C10H16N4O/c1-3-7-4-9(12-8-5-11-6-8)14-10(13-7)15-2/h4,8,11H,3,5-6H2,1-2H3,(H,12,13,14). The summed E-state index contributed by atoms with van der Waals surface area (Å²) in [6.45, 7) is 4.05. The molecule has 2 heterocycles. The molecule has 1 aliphatic rings. The summed E-state index contributed by atoms with van der Waals surface area (Å²) in [5, 5.41) is 6.54. The third-order valence-electron chi connectivity index (χ3n) is 2.44. The first-order chi connectivity index (χ1) is 7.31. The van der Waals surface area contributed by atoms with E-state index in [1.54, 1.807) is 7.11 Å². The maximum atomic E-state index is 5.05. The number of aryl methyl sites for hydroxylation is 1. The Hall–Kier alpha value is -1.36. The molecule has 5 nitrogen and oxygen atoms in total. The molecule has 15 heavy (non-hydrogen) atoms. The largest absolute Gasteiger partial charge is 0.467 e. The van der Waals surface area contributed by atoms with Gasteiger partial charge in [0.25, 0.3) is 0 Å². The fraction of sp³-hybridized carbons (Fsp3) is 0.600. The van der Waals surface area contributed by atoms with Crippen molar-refractivity contribution in [1.29, 1.82) is 0 Å². The lowest BCUT2D eigenvalue weighted by Crippen LogP contribution is -2.51. The Balaban J connectivity index is 2.13. The quantitative estimate of drug-likeness (QED) is 0.751. The number of ether oxygens (including phenoxy) is 1. The third kappa shape index (κ3) is 2.36. The predicted molar refractivity (Wildman–Crippen MR) is 58.2 cm³/mol. The van der Waals surface area contributed by atoms with Crippen LogP contribution in [0.1, 0.15) is 12.6 Å². The van der Waals surface area contributed by atoms with E-state index in [0.717, 1.165) is 31.0 Å². The minimum Gasteiger partial charge on any atom is -0.467 e. The fourth-order valence-electron chi connectivity index (χ4n) is 1.42. The lowest BCUT2D eigenvalue weighted by Gasteiger charge is -2.28. The van der Waals surface area contributed by atoms with Crippen molar-refractivity contribution in [3.05, 3.63) is 11.8 Å². The van der Waals surface area contributed by atoms with E-state index in [2.05, 4.69) is 27.5 Å². The van der Waals surface area contributed by atoms with E-state index in [1.807, 2.05) is 6.07 Å². The number of hydrogen-bond donors (Lipinski definition) is 2. The first-order valence-electron chi connectivity index (χ1n) is 5.21. The van der Waals surface area contributed by atoms with Crippen LogP contribution in [0.3, 0.4) is 0 Å². The molecule has 0 atom stereocenters. The molecule has 5 heteroatoms. The van der Waals surface area contributed by atoms with Crippen LogP contribution in [-0.2, 0) is 6.42 Å². The van der Waals surface area contributed by atoms with Crippen LogP contribution < -0.4 is 15.4 Å². The highest BCUT2D eigenvalue weighted by Gasteiger charge is 2.17. The minimum atomic E-state index is 0.434. The van der Waals surface area contributed by atoms with Gasteiger partial charge in [0.15, 0.2) is 0 Å². The first-order valence-corrected chi connectivity index (χ1v) is 5.21. The Morgan fingerprint density at radius 2 is 2.33 bits per heavy atom. The summed E-state index contributed by atoms with van der Waals surface area (Å²) in [6.07, 6.45) is 0.885. The molecule has 82 valence electrons. The van der Waals surface area contributed by atoms with E-state index in [-0.39, 0.29) is 0 Å². The molecule has 0 amide bonds. The Kier molecular flexibility index (Phi) is 3.01. The average Bonchev–Trinajstić information content (AvgIpc) is 2.23. The Labute approximate surface area is 89.3 Å². The Bertz CT molecular complexity index is 316. The average molecular weight is 208 g/mol. The van der Waals surface area contributed by atoms with Crippen molar-refractivity contribution in [1.82, 2.24) is 15.3 Å². The Morgan fingerprint density at radius 1 is 1.53 bits per heavy atom. The van der Waals surface area contributed by atoms with Gasteiger partial charge in [-0.05, 0) is 6.42 Å². The minimum absolute atomic E-state index is 0.434. The van der Waals surface area contributed by atoms with E-state index in [9.17, 15) is 0 Å². The molecular weight excluding hydrogens is 192 g/mol. The van der Waals surface area contributed by atoms with Crippen molar-refractivity contribution in [2.24, 2.45) is 0 Å². The molecule has 1 aromatic rings. The SMILES string of the molecule is CCc1cc(NC2CNC2)nc(OC)n1. The number of hydrogen-bond acceptors (Lipinski definition) is 5. The highest BCUT2D eigenvalue weighted by molar-refractivity contribution is 5.39. The van der Waals surface area contributed by atoms with Crippen molar-refractivity contribution in [3.63, 3.8) is 0 Å². The second-order valence-corrected chi connectivity index (χ2v) is 3.58. The van der Waals surface area contributed by atoms with E-state index < -0.39 is 0 Å². The van der Waals surface area contributed by atoms with Gasteiger partial charge in [-0.15, -0.1) is 0 Å². The van der Waals surface area contributed by atoms with Gasteiger partial charge in [-0.25, -0.2) is 4.98 Å². The maximum Gasteiger partial charge on any atom is 0.318 e. The lowest BCUT2D eigenvalue weighted by atomic mass is 10.2. The number of aromatic nitrogens is 2. The van der Waals surface area contributed by atoms with Crippen molar-refractivity contribution >= 4 is 5.82 Å². The van der Waals surface area contributed by atoms with Crippen LogP contribution in [0.15, 0.2) is 6.07 Å². The molecule has 0 saturated carbocycles. The van der Waals surface area contributed by atoms with Crippen molar-refractivity contribution < 1.29 is 4.74 Å². The molecule has 0 aliphatic carbocycles. The van der Waals surface area contributed by atoms with Crippen LogP contribution in [-0.4, -0.2) is 36.2 Å². The second kappa shape index (κ2) is 4.44. The zero-order valence-electron chi connectivity index (χ0n) is 9.08. The van der Waals surface area contributed by atoms with Gasteiger partial charge in [0.1, 0.15) is 5.82 Å². The number of rotatable bonds is 4. The van der Waals surface area contributed by atoms with Gasteiger partial charge in [-0.2, -0.15) is 4.98 Å². The molecule has 1 saturated heterocycles. The second-order valence-electron chi connectivity index (χ2n) is 3.58. The number of nitrogens with zero attached hydrogens (tertiary/aromatic N) is 2. The van der Waals surface area contributed by atoms with Crippen LogP contribution in [0.25, 0.3) is 0 Å². The summed E-state index contributed by atoms with van der Waals surface area (Å²) in [5.41, 5.74) is 0.997. The van der Waals surface area contributed by atoms with Gasteiger partial charge in [0.05, 0.1) is 13.2 Å². The summed E-state index contributed by atoms with van der Waals surface area (Å²) >= 11 is 0. The lowest BCUT2D eigenvalue weighted by molar-refractivity contribution is 0.378. The number of nitrogens with one attached hydrogen (secondary N) is 2. The summed E-state index contributed by atoms with van der Waals surface area (Å²) in [5.74, 6) is 0.852. The molecule has 0 aromatic carbocycles. The van der Waals surface area contributed by atoms with E-state index in [4.69, 9.17) is 4.74 Å². The molecule has 0 spiro atoms. The Morgan fingerprint density at radius 3 is 2.87 bits per heavy atom. The molecule has 1 aromatic heterocycles. The molecule has 0 unspecified atom stereocenters. The van der Waals surface area contributed by atoms with Crippen molar-refractivity contribution in [2.75, 3.05) is 25.5 Å². The molecule has 2 N–H and O–H groups in total. The van der Waals surface area contributed by atoms with Gasteiger partial charge in [0.2, 0.25) is 0 Å². The molecule has 1 fully saturated rings. The van der Waals surface area contributed by atoms with Gasteiger partial charge in [0, 0.05) is 24.8 Å². The van der Waals surface area contributed by atoms with Gasteiger partial charge in [-0.1, -0.05) is 6.92 Å². The van der Waals surface area contributed by atoms with E-state index in [0.29, 0.717) is 12.1 Å².